The number of carbonyl (C=O) groups is 2. The number of carboxylic acid groups (broad SMARTS) is 1. The molecule has 1 aliphatic rings. The van der Waals surface area contributed by atoms with E-state index < -0.39 is 24.3 Å². The lowest BCUT2D eigenvalue weighted by atomic mass is 10.4. The molecule has 0 saturated carbocycles. The number of aliphatic carboxylic acids is 1. The van der Waals surface area contributed by atoms with Crippen LogP contribution in [0.4, 0.5) is 0 Å². The van der Waals surface area contributed by atoms with Gasteiger partial charge in [-0.3, -0.25) is 10.1 Å². The van der Waals surface area contributed by atoms with E-state index in [0.717, 1.165) is 0 Å². The van der Waals surface area contributed by atoms with Crippen LogP contribution in [0.5, 0.6) is 0 Å². The molecule has 74 valence electrons. The monoisotopic (exact) mass is 189 g/mol. The van der Waals surface area contributed by atoms with Crippen molar-refractivity contribution in [1.82, 2.24) is 5.32 Å². The summed E-state index contributed by atoms with van der Waals surface area (Å²) in [6.45, 7) is 1.77. The van der Waals surface area contributed by atoms with Gasteiger partial charge in [0.05, 0.1) is 13.2 Å². The summed E-state index contributed by atoms with van der Waals surface area (Å²) in [7, 11) is 0. The number of ether oxygens (including phenoxy) is 2. The highest BCUT2D eigenvalue weighted by Crippen LogP contribution is 2.20. The molecule has 0 aromatic heterocycles. The molecular weight excluding hydrogens is 178 g/mol. The molecule has 0 amide bonds. The van der Waals surface area contributed by atoms with Crippen molar-refractivity contribution in [3.8, 4) is 0 Å². The fourth-order valence-electron chi connectivity index (χ4n) is 0.859. The van der Waals surface area contributed by atoms with Gasteiger partial charge in [-0.05, 0) is 6.92 Å². The largest absolute Gasteiger partial charge is 0.480 e. The highest BCUT2D eigenvalue weighted by molar-refractivity contribution is 5.78. The van der Waals surface area contributed by atoms with E-state index in [0.29, 0.717) is 6.61 Å². The maximum atomic E-state index is 10.9. The number of hydrogen-bond acceptors (Lipinski definition) is 5. The third-order valence-electron chi connectivity index (χ3n) is 1.46. The molecule has 6 heteroatoms. The molecule has 2 unspecified atom stereocenters. The van der Waals surface area contributed by atoms with Crippen LogP contribution in [0.15, 0.2) is 0 Å². The average molecular weight is 189 g/mol. The van der Waals surface area contributed by atoms with Crippen molar-refractivity contribution in [2.75, 3.05) is 13.2 Å². The highest BCUT2D eigenvalue weighted by atomic mass is 16.6. The summed E-state index contributed by atoms with van der Waals surface area (Å²) in [4.78, 5) is 21.0. The zero-order chi connectivity index (χ0) is 9.84. The van der Waals surface area contributed by atoms with Crippen molar-refractivity contribution in [3.63, 3.8) is 0 Å². The van der Waals surface area contributed by atoms with E-state index in [-0.39, 0.29) is 6.54 Å². The maximum Gasteiger partial charge on any atom is 0.339 e. The van der Waals surface area contributed by atoms with Crippen LogP contribution in [-0.4, -0.2) is 42.5 Å². The van der Waals surface area contributed by atoms with Gasteiger partial charge in [-0.15, -0.1) is 0 Å². The van der Waals surface area contributed by atoms with Crippen LogP contribution in [0.25, 0.3) is 0 Å². The van der Waals surface area contributed by atoms with E-state index >= 15 is 0 Å². The number of hydrogen-bond donors (Lipinski definition) is 2. The number of carbonyl (C=O) groups excluding carboxylic acids is 1. The lowest BCUT2D eigenvalue weighted by Crippen LogP contribution is -2.29. The van der Waals surface area contributed by atoms with Gasteiger partial charge in [0.2, 0.25) is 0 Å². The third-order valence-corrected chi connectivity index (χ3v) is 1.46. The first-order chi connectivity index (χ1) is 6.15. The standard InChI is InChI=1S/C7H11NO5/c1-2-12-7(11)5-6(13-5)8-3-4(9)10/h5-6,8H,2-3H2,1H3,(H,9,10). The number of esters is 1. The summed E-state index contributed by atoms with van der Waals surface area (Å²) in [6, 6.07) is 0. The Kier molecular flexibility index (Phi) is 3.21. The molecule has 13 heavy (non-hydrogen) atoms. The number of rotatable bonds is 5. The number of carboxylic acids is 1. The van der Waals surface area contributed by atoms with Crippen LogP contribution in [0, 0.1) is 0 Å². The van der Waals surface area contributed by atoms with Gasteiger partial charge in [-0.1, -0.05) is 0 Å². The summed E-state index contributed by atoms with van der Waals surface area (Å²) in [5.74, 6) is -1.44. The molecule has 1 heterocycles. The van der Waals surface area contributed by atoms with E-state index in [9.17, 15) is 9.59 Å². The zero-order valence-corrected chi connectivity index (χ0v) is 7.15. The molecule has 1 rings (SSSR count). The maximum absolute atomic E-state index is 10.9. The second-order valence-electron chi connectivity index (χ2n) is 2.50. The lowest BCUT2D eigenvalue weighted by molar-refractivity contribution is -0.144. The van der Waals surface area contributed by atoms with E-state index in [1.165, 1.54) is 0 Å². The Morgan fingerprint density at radius 1 is 1.62 bits per heavy atom. The summed E-state index contributed by atoms with van der Waals surface area (Å²) in [5.41, 5.74) is 0. The molecule has 2 atom stereocenters. The molecule has 6 nitrogen and oxygen atoms in total. The zero-order valence-electron chi connectivity index (χ0n) is 7.15. The van der Waals surface area contributed by atoms with Crippen LogP contribution in [-0.2, 0) is 19.1 Å². The van der Waals surface area contributed by atoms with E-state index in [2.05, 4.69) is 10.1 Å². The van der Waals surface area contributed by atoms with Gasteiger partial charge in [0.1, 0.15) is 6.23 Å². The Bertz CT molecular complexity index is 217. The van der Waals surface area contributed by atoms with Crippen molar-refractivity contribution in [3.05, 3.63) is 0 Å². The Morgan fingerprint density at radius 3 is 2.85 bits per heavy atom. The Hall–Kier alpha value is -1.14. The van der Waals surface area contributed by atoms with E-state index in [1.54, 1.807) is 6.92 Å². The highest BCUT2D eigenvalue weighted by Gasteiger charge is 2.46. The minimum atomic E-state index is -0.988. The smallest absolute Gasteiger partial charge is 0.339 e. The average Bonchev–Trinajstić information content (AvgIpc) is 2.80. The van der Waals surface area contributed by atoms with Gasteiger partial charge in [-0.2, -0.15) is 0 Å². The minimum absolute atomic E-state index is 0.222. The molecule has 1 saturated heterocycles. The molecule has 1 fully saturated rings. The Balaban J connectivity index is 2.15. The predicted molar refractivity (Wildman–Crippen MR) is 40.9 cm³/mol. The van der Waals surface area contributed by atoms with Crippen LogP contribution in [0.1, 0.15) is 6.92 Å². The summed E-state index contributed by atoms with van der Waals surface area (Å²) in [6.07, 6.45) is -1.14. The van der Waals surface area contributed by atoms with Crippen molar-refractivity contribution in [2.24, 2.45) is 0 Å². The fourth-order valence-corrected chi connectivity index (χ4v) is 0.859. The van der Waals surface area contributed by atoms with Crippen LogP contribution in [0.2, 0.25) is 0 Å². The Labute approximate surface area is 74.8 Å². The van der Waals surface area contributed by atoms with Crippen LogP contribution < -0.4 is 5.32 Å². The number of nitrogens with one attached hydrogen (secondary N) is 1. The fraction of sp³-hybridized carbons (Fsp3) is 0.714. The lowest BCUT2D eigenvalue weighted by Gasteiger charge is -1.97. The molecule has 2 N–H and O–H groups in total. The SMILES string of the molecule is CCOC(=O)C1OC1NCC(=O)O. The van der Waals surface area contributed by atoms with Gasteiger partial charge in [0, 0.05) is 0 Å². The number of epoxide rings is 1. The quantitative estimate of drug-likeness (QED) is 0.423. The first-order valence-electron chi connectivity index (χ1n) is 3.92. The normalized spacial score (nSPS) is 25.3. The first-order valence-corrected chi connectivity index (χ1v) is 3.92. The van der Waals surface area contributed by atoms with Crippen molar-refractivity contribution < 1.29 is 24.2 Å². The molecule has 1 aliphatic heterocycles. The predicted octanol–water partition coefficient (Wildman–Crippen LogP) is -1.05. The summed E-state index contributed by atoms with van der Waals surface area (Å²) >= 11 is 0. The molecule has 0 aromatic carbocycles. The van der Waals surface area contributed by atoms with Gasteiger partial charge in [0.15, 0.2) is 6.10 Å². The molecular formula is C7H11NO5. The molecule has 0 spiro atoms. The van der Waals surface area contributed by atoms with Crippen molar-refractivity contribution >= 4 is 11.9 Å². The van der Waals surface area contributed by atoms with Gasteiger partial charge in [-0.25, -0.2) is 4.79 Å². The van der Waals surface area contributed by atoms with Gasteiger partial charge >= 0.3 is 11.9 Å². The minimum Gasteiger partial charge on any atom is -0.480 e. The molecule has 0 aromatic rings. The first kappa shape index (κ1) is 9.94. The van der Waals surface area contributed by atoms with Crippen molar-refractivity contribution in [2.45, 2.75) is 19.3 Å². The van der Waals surface area contributed by atoms with Gasteiger partial charge < -0.3 is 14.6 Å². The molecule has 0 bridgehead atoms. The van der Waals surface area contributed by atoms with Gasteiger partial charge in [0.25, 0.3) is 0 Å². The summed E-state index contributed by atoms with van der Waals surface area (Å²) in [5, 5.41) is 10.8. The van der Waals surface area contributed by atoms with Crippen LogP contribution in [0.3, 0.4) is 0 Å². The Morgan fingerprint density at radius 2 is 2.31 bits per heavy atom. The third kappa shape index (κ3) is 3.00. The van der Waals surface area contributed by atoms with Crippen molar-refractivity contribution in [1.29, 1.82) is 0 Å². The second kappa shape index (κ2) is 4.20. The topological polar surface area (TPSA) is 88.2 Å². The summed E-state index contributed by atoms with van der Waals surface area (Å²) < 4.78 is 9.48. The second-order valence-corrected chi connectivity index (χ2v) is 2.50. The van der Waals surface area contributed by atoms with E-state index in [4.69, 9.17) is 9.84 Å². The molecule has 0 aliphatic carbocycles. The molecule has 0 radical (unpaired) electrons. The van der Waals surface area contributed by atoms with E-state index in [1.807, 2.05) is 0 Å². The van der Waals surface area contributed by atoms with Crippen LogP contribution >= 0.6 is 0 Å².